The van der Waals surface area contributed by atoms with Gasteiger partial charge in [0.2, 0.25) is 0 Å². The van der Waals surface area contributed by atoms with Gasteiger partial charge < -0.3 is 15.0 Å². The maximum atomic E-state index is 12.5. The third-order valence-corrected chi connectivity index (χ3v) is 4.02. The second kappa shape index (κ2) is 8.11. The number of carbonyl (C=O) groups is 2. The highest BCUT2D eigenvalue weighted by atomic mass is 16.5. The van der Waals surface area contributed by atoms with E-state index in [0.29, 0.717) is 5.56 Å². The van der Waals surface area contributed by atoms with Gasteiger partial charge in [0.1, 0.15) is 6.04 Å². The lowest BCUT2D eigenvalue weighted by atomic mass is 10.0. The number of benzene rings is 2. The Morgan fingerprint density at radius 3 is 2.38 bits per heavy atom. The Balaban J connectivity index is 1.71. The van der Waals surface area contributed by atoms with Gasteiger partial charge >= 0.3 is 5.97 Å². The molecule has 0 unspecified atom stereocenters. The Morgan fingerprint density at radius 2 is 1.77 bits per heavy atom. The molecule has 1 amide bonds. The molecule has 3 aromatic rings. The summed E-state index contributed by atoms with van der Waals surface area (Å²) >= 11 is 0. The van der Waals surface area contributed by atoms with Crippen LogP contribution in [0.15, 0.2) is 67.1 Å². The number of esters is 1. The van der Waals surface area contributed by atoms with Gasteiger partial charge in [-0.2, -0.15) is 0 Å². The van der Waals surface area contributed by atoms with Crippen molar-refractivity contribution < 1.29 is 14.3 Å². The van der Waals surface area contributed by atoms with Crippen molar-refractivity contribution in [3.05, 3.63) is 78.4 Å². The van der Waals surface area contributed by atoms with E-state index in [1.807, 2.05) is 42.5 Å². The van der Waals surface area contributed by atoms with Gasteiger partial charge in [-0.15, -0.1) is 0 Å². The molecule has 2 aromatic carbocycles. The standard InChI is InChI=1S/C20H19N3O3/c1-26-20(25)18(11-17-12-21-13-22-17)23-19(24)16-9-7-15(8-10-16)14-5-3-2-4-6-14/h2-10,12-13,18H,11H2,1H3,(H,21,22)(H,23,24)/t18-/m0/s1. The number of amides is 1. The third-order valence-electron chi connectivity index (χ3n) is 4.02. The number of ether oxygens (including phenoxy) is 1. The van der Waals surface area contributed by atoms with E-state index in [4.69, 9.17) is 4.74 Å². The predicted molar refractivity (Wildman–Crippen MR) is 97.4 cm³/mol. The normalized spacial score (nSPS) is 11.6. The molecule has 132 valence electrons. The smallest absolute Gasteiger partial charge is 0.328 e. The number of hydrogen-bond acceptors (Lipinski definition) is 4. The number of aromatic amines is 1. The number of aromatic nitrogens is 2. The Labute approximate surface area is 151 Å². The van der Waals surface area contributed by atoms with E-state index in [1.54, 1.807) is 18.3 Å². The summed E-state index contributed by atoms with van der Waals surface area (Å²) in [6.45, 7) is 0. The SMILES string of the molecule is COC(=O)[C@H](Cc1cnc[nH]1)NC(=O)c1ccc(-c2ccccc2)cc1. The molecule has 3 rings (SSSR count). The Morgan fingerprint density at radius 1 is 1.08 bits per heavy atom. The minimum Gasteiger partial charge on any atom is -0.467 e. The van der Waals surface area contributed by atoms with Gasteiger partial charge in [-0.05, 0) is 23.3 Å². The summed E-state index contributed by atoms with van der Waals surface area (Å²) in [5.41, 5.74) is 3.30. The van der Waals surface area contributed by atoms with Gasteiger partial charge in [0.05, 0.1) is 13.4 Å². The fourth-order valence-electron chi connectivity index (χ4n) is 2.64. The molecule has 0 saturated heterocycles. The topological polar surface area (TPSA) is 84.1 Å². The molecular formula is C20H19N3O3. The van der Waals surface area contributed by atoms with Crippen LogP contribution in [0.1, 0.15) is 16.1 Å². The molecule has 0 bridgehead atoms. The molecule has 6 heteroatoms. The Hall–Kier alpha value is -3.41. The van der Waals surface area contributed by atoms with E-state index < -0.39 is 12.0 Å². The van der Waals surface area contributed by atoms with E-state index in [0.717, 1.165) is 16.8 Å². The second-order valence-electron chi connectivity index (χ2n) is 5.77. The van der Waals surface area contributed by atoms with Gasteiger partial charge in [0.15, 0.2) is 0 Å². The van der Waals surface area contributed by atoms with Crippen molar-refractivity contribution in [3.63, 3.8) is 0 Å². The highest BCUT2D eigenvalue weighted by Crippen LogP contribution is 2.19. The van der Waals surface area contributed by atoms with Gasteiger partial charge in [0.25, 0.3) is 5.91 Å². The zero-order valence-electron chi connectivity index (χ0n) is 14.3. The molecule has 0 radical (unpaired) electrons. The molecule has 0 aliphatic carbocycles. The van der Waals surface area contributed by atoms with Gasteiger partial charge in [-0.1, -0.05) is 42.5 Å². The maximum Gasteiger partial charge on any atom is 0.328 e. The van der Waals surface area contributed by atoms with Crippen molar-refractivity contribution in [1.82, 2.24) is 15.3 Å². The largest absolute Gasteiger partial charge is 0.467 e. The van der Waals surface area contributed by atoms with Crippen LogP contribution in [-0.4, -0.2) is 35.0 Å². The number of hydrogen-bond donors (Lipinski definition) is 2. The van der Waals surface area contributed by atoms with Crippen LogP contribution < -0.4 is 5.32 Å². The van der Waals surface area contributed by atoms with Crippen molar-refractivity contribution in [1.29, 1.82) is 0 Å². The van der Waals surface area contributed by atoms with Gasteiger partial charge in [0, 0.05) is 23.9 Å². The van der Waals surface area contributed by atoms with Crippen molar-refractivity contribution in [3.8, 4) is 11.1 Å². The highest BCUT2D eigenvalue weighted by Gasteiger charge is 2.23. The monoisotopic (exact) mass is 349 g/mol. The fraction of sp³-hybridized carbons (Fsp3) is 0.150. The van der Waals surface area contributed by atoms with Crippen molar-refractivity contribution in [2.75, 3.05) is 7.11 Å². The molecule has 6 nitrogen and oxygen atoms in total. The summed E-state index contributed by atoms with van der Waals surface area (Å²) in [5, 5.41) is 2.72. The summed E-state index contributed by atoms with van der Waals surface area (Å²) in [6, 6.07) is 16.3. The minimum absolute atomic E-state index is 0.278. The minimum atomic E-state index is -0.790. The predicted octanol–water partition coefficient (Wildman–Crippen LogP) is 2.59. The van der Waals surface area contributed by atoms with Crippen LogP contribution in [0.25, 0.3) is 11.1 Å². The van der Waals surface area contributed by atoms with Crippen LogP contribution in [0, 0.1) is 0 Å². The first-order valence-electron chi connectivity index (χ1n) is 8.19. The van der Waals surface area contributed by atoms with Crippen LogP contribution in [0.3, 0.4) is 0 Å². The van der Waals surface area contributed by atoms with E-state index in [9.17, 15) is 9.59 Å². The Bertz CT molecular complexity index is 859. The molecule has 26 heavy (non-hydrogen) atoms. The maximum absolute atomic E-state index is 12.5. The number of methoxy groups -OCH3 is 1. The lowest BCUT2D eigenvalue weighted by Gasteiger charge is -2.16. The number of carbonyl (C=O) groups excluding carboxylic acids is 2. The summed E-state index contributed by atoms with van der Waals surface area (Å²) in [5.74, 6) is -0.839. The molecular weight excluding hydrogens is 330 g/mol. The Kier molecular flexibility index (Phi) is 5.43. The third kappa shape index (κ3) is 4.16. The first kappa shape index (κ1) is 17.4. The van der Waals surface area contributed by atoms with Crippen LogP contribution in [-0.2, 0) is 16.0 Å². The lowest BCUT2D eigenvalue weighted by molar-refractivity contribution is -0.142. The summed E-state index contributed by atoms with van der Waals surface area (Å²) in [7, 11) is 1.29. The zero-order chi connectivity index (χ0) is 18.4. The zero-order valence-corrected chi connectivity index (χ0v) is 14.3. The highest BCUT2D eigenvalue weighted by molar-refractivity contribution is 5.97. The van der Waals surface area contributed by atoms with E-state index >= 15 is 0 Å². The fourth-order valence-corrected chi connectivity index (χ4v) is 2.64. The number of imidazole rings is 1. The van der Waals surface area contributed by atoms with E-state index in [-0.39, 0.29) is 12.3 Å². The van der Waals surface area contributed by atoms with Crippen LogP contribution in [0.4, 0.5) is 0 Å². The van der Waals surface area contributed by atoms with Gasteiger partial charge in [-0.25, -0.2) is 9.78 Å². The lowest BCUT2D eigenvalue weighted by Crippen LogP contribution is -2.43. The van der Waals surface area contributed by atoms with Crippen LogP contribution in [0.2, 0.25) is 0 Å². The number of nitrogens with zero attached hydrogens (tertiary/aromatic N) is 1. The molecule has 0 fully saturated rings. The molecule has 1 atom stereocenters. The summed E-state index contributed by atoms with van der Waals surface area (Å²) in [4.78, 5) is 31.3. The number of nitrogens with one attached hydrogen (secondary N) is 2. The van der Waals surface area contributed by atoms with Crippen molar-refractivity contribution in [2.45, 2.75) is 12.5 Å². The first-order chi connectivity index (χ1) is 12.7. The molecule has 1 heterocycles. The molecule has 0 aliphatic rings. The second-order valence-corrected chi connectivity index (χ2v) is 5.77. The van der Waals surface area contributed by atoms with Gasteiger partial charge in [-0.3, -0.25) is 4.79 Å². The quantitative estimate of drug-likeness (QED) is 0.670. The van der Waals surface area contributed by atoms with Crippen molar-refractivity contribution in [2.24, 2.45) is 0 Å². The summed E-state index contributed by atoms with van der Waals surface area (Å²) < 4.78 is 4.79. The summed E-state index contributed by atoms with van der Waals surface area (Å²) in [6.07, 6.45) is 3.41. The van der Waals surface area contributed by atoms with Crippen LogP contribution in [0.5, 0.6) is 0 Å². The first-order valence-corrected chi connectivity index (χ1v) is 8.19. The molecule has 2 N–H and O–H groups in total. The average molecular weight is 349 g/mol. The van der Waals surface area contributed by atoms with E-state index in [1.165, 1.54) is 13.4 Å². The van der Waals surface area contributed by atoms with Crippen molar-refractivity contribution >= 4 is 11.9 Å². The van der Waals surface area contributed by atoms with E-state index in [2.05, 4.69) is 15.3 Å². The number of H-pyrrole nitrogens is 1. The average Bonchev–Trinajstić information content (AvgIpc) is 3.20. The molecule has 1 aromatic heterocycles. The molecule has 0 aliphatic heterocycles. The van der Waals surface area contributed by atoms with Crippen LogP contribution >= 0.6 is 0 Å². The number of rotatable bonds is 6. The molecule has 0 saturated carbocycles. The molecule has 0 spiro atoms.